The summed E-state index contributed by atoms with van der Waals surface area (Å²) in [5.41, 5.74) is 0.852. The number of aromatic hydroxyl groups is 1. The Morgan fingerprint density at radius 2 is 2.00 bits per heavy atom. The number of hydrogen-bond acceptors (Lipinski definition) is 4. The first-order chi connectivity index (χ1) is 9.92. The molecule has 21 heavy (non-hydrogen) atoms. The van der Waals surface area contributed by atoms with Crippen molar-refractivity contribution in [3.05, 3.63) is 29.8 Å². The van der Waals surface area contributed by atoms with Crippen LogP contribution < -0.4 is 0 Å². The first-order valence-electron chi connectivity index (χ1n) is 7.52. The molecule has 4 nitrogen and oxygen atoms in total. The van der Waals surface area contributed by atoms with E-state index in [1.165, 1.54) is 0 Å². The Morgan fingerprint density at radius 3 is 2.57 bits per heavy atom. The predicted octanol–water partition coefficient (Wildman–Crippen LogP) is 3.32. The highest BCUT2D eigenvalue weighted by Gasteiger charge is 2.23. The van der Waals surface area contributed by atoms with Crippen molar-refractivity contribution in [3.8, 4) is 5.75 Å². The van der Waals surface area contributed by atoms with Gasteiger partial charge in [0.05, 0.1) is 12.7 Å². The van der Waals surface area contributed by atoms with Gasteiger partial charge in [0.25, 0.3) is 0 Å². The molecule has 4 heteroatoms. The van der Waals surface area contributed by atoms with Gasteiger partial charge in [-0.25, -0.2) is 4.79 Å². The molecule has 1 aromatic rings. The Bertz CT molecular complexity index is 442. The summed E-state index contributed by atoms with van der Waals surface area (Å²) in [5, 5.41) is 9.51. The van der Waals surface area contributed by atoms with Gasteiger partial charge in [-0.3, -0.25) is 0 Å². The summed E-state index contributed by atoms with van der Waals surface area (Å²) in [6.45, 7) is 8.40. The predicted molar refractivity (Wildman–Crippen MR) is 82.2 cm³/mol. The Morgan fingerprint density at radius 1 is 1.29 bits per heavy atom. The maximum atomic E-state index is 12.2. The van der Waals surface area contributed by atoms with Gasteiger partial charge in [0, 0.05) is 6.42 Å². The van der Waals surface area contributed by atoms with E-state index in [2.05, 4.69) is 0 Å². The molecular formula is C17H26O4. The summed E-state index contributed by atoms with van der Waals surface area (Å²) in [6, 6.07) is 6.86. The van der Waals surface area contributed by atoms with Crippen molar-refractivity contribution >= 4 is 5.97 Å². The summed E-state index contributed by atoms with van der Waals surface area (Å²) in [7, 11) is 0. The monoisotopic (exact) mass is 294 g/mol. The average Bonchev–Trinajstić information content (AvgIpc) is 2.42. The molecule has 0 aromatic heterocycles. The van der Waals surface area contributed by atoms with E-state index in [9.17, 15) is 9.90 Å². The van der Waals surface area contributed by atoms with Gasteiger partial charge >= 0.3 is 5.97 Å². The molecule has 0 aliphatic rings. The molecular weight excluding hydrogens is 268 g/mol. The highest BCUT2D eigenvalue weighted by Crippen LogP contribution is 2.15. The van der Waals surface area contributed by atoms with Crippen molar-refractivity contribution in [2.24, 2.45) is 5.92 Å². The lowest BCUT2D eigenvalue weighted by atomic mass is 10.1. The van der Waals surface area contributed by atoms with Gasteiger partial charge in [-0.15, -0.1) is 0 Å². The minimum atomic E-state index is -0.636. The van der Waals surface area contributed by atoms with Gasteiger partial charge in [0.2, 0.25) is 0 Å². The van der Waals surface area contributed by atoms with Crippen LogP contribution in [0.2, 0.25) is 0 Å². The zero-order valence-electron chi connectivity index (χ0n) is 13.3. The number of phenolic OH excluding ortho intramolecular Hbond substituents is 1. The maximum Gasteiger partial charge on any atom is 0.335 e. The minimum absolute atomic E-state index is 0.119. The first kappa shape index (κ1) is 17.5. The minimum Gasteiger partial charge on any atom is -0.508 e. The van der Waals surface area contributed by atoms with Crippen LogP contribution in [0.15, 0.2) is 24.3 Å². The van der Waals surface area contributed by atoms with Crippen molar-refractivity contribution in [1.29, 1.82) is 0 Å². The number of carbonyl (C=O) groups excluding carboxylic acids is 1. The highest BCUT2D eigenvalue weighted by atomic mass is 16.6. The molecule has 0 aliphatic heterocycles. The third kappa shape index (κ3) is 6.63. The average molecular weight is 294 g/mol. The van der Waals surface area contributed by atoms with Gasteiger partial charge in [-0.05, 0) is 37.0 Å². The third-order valence-electron chi connectivity index (χ3n) is 3.12. The smallest absolute Gasteiger partial charge is 0.335 e. The van der Waals surface area contributed by atoms with Gasteiger partial charge in [0.1, 0.15) is 5.75 Å². The fourth-order valence-corrected chi connectivity index (χ4v) is 1.77. The number of carbonyl (C=O) groups is 1. The van der Waals surface area contributed by atoms with Crippen LogP contribution in [0.25, 0.3) is 0 Å². The van der Waals surface area contributed by atoms with Crippen molar-refractivity contribution in [3.63, 3.8) is 0 Å². The molecule has 2 unspecified atom stereocenters. The second-order valence-electron chi connectivity index (χ2n) is 5.75. The lowest BCUT2D eigenvalue weighted by Gasteiger charge is -2.20. The maximum absolute atomic E-state index is 12.2. The lowest BCUT2D eigenvalue weighted by molar-refractivity contribution is -0.162. The van der Waals surface area contributed by atoms with E-state index in [0.717, 1.165) is 12.0 Å². The molecule has 0 amide bonds. The SMILES string of the molecule is CCC(C)OC(=O)C(Cc1cccc(O)c1)OCC(C)C. The van der Waals surface area contributed by atoms with Crippen LogP contribution in [-0.2, 0) is 20.7 Å². The molecule has 0 saturated carbocycles. The van der Waals surface area contributed by atoms with Gasteiger partial charge in [0.15, 0.2) is 6.10 Å². The Balaban J connectivity index is 2.73. The van der Waals surface area contributed by atoms with Crippen molar-refractivity contribution in [1.82, 2.24) is 0 Å². The zero-order valence-corrected chi connectivity index (χ0v) is 13.3. The number of benzene rings is 1. The lowest BCUT2D eigenvalue weighted by Crippen LogP contribution is -2.32. The molecule has 1 rings (SSSR count). The molecule has 0 spiro atoms. The summed E-state index contributed by atoms with van der Waals surface area (Å²) in [5.74, 6) is 0.187. The molecule has 0 aliphatic carbocycles. The topological polar surface area (TPSA) is 55.8 Å². The quantitative estimate of drug-likeness (QED) is 0.747. The van der Waals surface area contributed by atoms with Gasteiger partial charge < -0.3 is 14.6 Å². The van der Waals surface area contributed by atoms with Crippen LogP contribution in [0, 0.1) is 5.92 Å². The fraction of sp³-hybridized carbons (Fsp3) is 0.588. The van der Waals surface area contributed by atoms with E-state index < -0.39 is 6.10 Å². The third-order valence-corrected chi connectivity index (χ3v) is 3.12. The Kier molecular flexibility index (Phi) is 7.23. The number of hydrogen-bond donors (Lipinski definition) is 1. The molecule has 2 atom stereocenters. The van der Waals surface area contributed by atoms with E-state index >= 15 is 0 Å². The summed E-state index contributed by atoms with van der Waals surface area (Å²) in [6.07, 6.45) is 0.417. The van der Waals surface area contributed by atoms with Crippen LogP contribution in [0.3, 0.4) is 0 Å². The molecule has 0 saturated heterocycles. The van der Waals surface area contributed by atoms with Crippen LogP contribution in [0.1, 0.15) is 39.7 Å². The first-order valence-corrected chi connectivity index (χ1v) is 7.52. The molecule has 118 valence electrons. The van der Waals surface area contributed by atoms with Crippen LogP contribution in [0.4, 0.5) is 0 Å². The molecule has 0 fully saturated rings. The highest BCUT2D eigenvalue weighted by molar-refractivity contribution is 5.75. The van der Waals surface area contributed by atoms with E-state index in [1.54, 1.807) is 18.2 Å². The summed E-state index contributed by atoms with van der Waals surface area (Å²) >= 11 is 0. The van der Waals surface area contributed by atoms with Gasteiger partial charge in [-0.1, -0.05) is 32.9 Å². The van der Waals surface area contributed by atoms with Crippen molar-refractivity contribution in [2.45, 2.75) is 52.7 Å². The Hall–Kier alpha value is -1.55. The van der Waals surface area contributed by atoms with E-state index in [-0.39, 0.29) is 17.8 Å². The second kappa shape index (κ2) is 8.67. The number of rotatable bonds is 8. The van der Waals surface area contributed by atoms with Crippen LogP contribution in [0.5, 0.6) is 5.75 Å². The summed E-state index contributed by atoms with van der Waals surface area (Å²) < 4.78 is 11.1. The number of phenols is 1. The largest absolute Gasteiger partial charge is 0.508 e. The van der Waals surface area contributed by atoms with Crippen molar-refractivity contribution in [2.75, 3.05) is 6.61 Å². The van der Waals surface area contributed by atoms with Crippen molar-refractivity contribution < 1.29 is 19.4 Å². The number of esters is 1. The molecule has 1 aromatic carbocycles. The van der Waals surface area contributed by atoms with E-state index in [0.29, 0.717) is 18.9 Å². The zero-order chi connectivity index (χ0) is 15.8. The standard InChI is InChI=1S/C17H26O4/c1-5-13(4)21-17(19)16(20-11-12(2)3)10-14-7-6-8-15(18)9-14/h6-9,12-13,16,18H,5,10-11H2,1-4H3. The van der Waals surface area contributed by atoms with E-state index in [1.807, 2.05) is 33.8 Å². The fourth-order valence-electron chi connectivity index (χ4n) is 1.77. The van der Waals surface area contributed by atoms with E-state index in [4.69, 9.17) is 9.47 Å². The number of ether oxygens (including phenoxy) is 2. The summed E-state index contributed by atoms with van der Waals surface area (Å²) in [4.78, 5) is 12.2. The normalized spacial score (nSPS) is 14.0. The molecule has 1 N–H and O–H groups in total. The van der Waals surface area contributed by atoms with Crippen LogP contribution in [-0.4, -0.2) is 29.9 Å². The molecule has 0 radical (unpaired) electrons. The second-order valence-corrected chi connectivity index (χ2v) is 5.75. The van der Waals surface area contributed by atoms with Crippen LogP contribution >= 0.6 is 0 Å². The van der Waals surface area contributed by atoms with Gasteiger partial charge in [-0.2, -0.15) is 0 Å². The molecule has 0 bridgehead atoms. The molecule has 0 heterocycles. The Labute approximate surface area is 127 Å².